The number of aromatic carboxylic acids is 1. The van der Waals surface area contributed by atoms with Crippen LogP contribution in [0, 0.1) is 0 Å². The monoisotopic (exact) mass is 248 g/mol. The molecule has 0 aliphatic rings. The predicted molar refractivity (Wildman–Crippen MR) is 60.6 cm³/mol. The van der Waals surface area contributed by atoms with Crippen LogP contribution in [0.1, 0.15) is 21.0 Å². The largest absolute Gasteiger partial charge is 0.477 e. The van der Waals surface area contributed by atoms with E-state index in [1.54, 1.807) is 0 Å². The summed E-state index contributed by atoms with van der Waals surface area (Å²) in [6, 6.07) is 2.65. The van der Waals surface area contributed by atoms with Crippen LogP contribution in [0.2, 0.25) is 0 Å². The highest BCUT2D eigenvalue weighted by Crippen LogP contribution is 2.09. The van der Waals surface area contributed by atoms with Crippen LogP contribution < -0.4 is 11.0 Å². The standard InChI is InChI=1S/C10H8N4O4/c15-8(7-4-12-10(18)14-7)13-5-1-2-11-6(3-5)9(16)17/h1-4H,(H,16,17)(H,11,13,15)(H2,12,14,18). The minimum Gasteiger partial charge on any atom is -0.477 e. The van der Waals surface area contributed by atoms with Gasteiger partial charge in [-0.15, -0.1) is 0 Å². The van der Waals surface area contributed by atoms with Crippen molar-refractivity contribution in [3.05, 3.63) is 46.4 Å². The van der Waals surface area contributed by atoms with Gasteiger partial charge in [0, 0.05) is 18.1 Å². The molecule has 2 heterocycles. The van der Waals surface area contributed by atoms with Crippen molar-refractivity contribution in [1.29, 1.82) is 0 Å². The summed E-state index contributed by atoms with van der Waals surface area (Å²) in [6.07, 6.45) is 2.48. The number of hydrogen-bond acceptors (Lipinski definition) is 4. The van der Waals surface area contributed by atoms with Gasteiger partial charge in [-0.1, -0.05) is 0 Å². The molecule has 0 unspecified atom stereocenters. The SMILES string of the molecule is O=C(O)c1cc(NC(=O)c2c[nH]c(=O)[nH]2)ccn1. The smallest absolute Gasteiger partial charge is 0.354 e. The molecule has 0 fully saturated rings. The van der Waals surface area contributed by atoms with Crippen LogP contribution in [0.15, 0.2) is 29.3 Å². The number of H-pyrrole nitrogens is 2. The van der Waals surface area contributed by atoms with Crippen LogP contribution in [-0.4, -0.2) is 31.9 Å². The Hall–Kier alpha value is -2.90. The highest BCUT2D eigenvalue weighted by molar-refractivity contribution is 6.03. The second-order valence-electron chi connectivity index (χ2n) is 3.35. The van der Waals surface area contributed by atoms with Gasteiger partial charge in [0.15, 0.2) is 0 Å². The lowest BCUT2D eigenvalue weighted by Gasteiger charge is -2.03. The molecule has 0 aliphatic carbocycles. The molecular formula is C10H8N4O4. The van der Waals surface area contributed by atoms with Crippen LogP contribution in [0.25, 0.3) is 0 Å². The average Bonchev–Trinajstić information content (AvgIpc) is 2.76. The average molecular weight is 248 g/mol. The van der Waals surface area contributed by atoms with Crippen molar-refractivity contribution in [2.75, 3.05) is 5.32 Å². The lowest BCUT2D eigenvalue weighted by Crippen LogP contribution is -2.14. The van der Waals surface area contributed by atoms with Crippen molar-refractivity contribution < 1.29 is 14.7 Å². The van der Waals surface area contributed by atoms with E-state index in [0.717, 1.165) is 0 Å². The van der Waals surface area contributed by atoms with Gasteiger partial charge < -0.3 is 20.4 Å². The van der Waals surface area contributed by atoms with Gasteiger partial charge in [0.1, 0.15) is 11.4 Å². The summed E-state index contributed by atoms with van der Waals surface area (Å²) in [5.41, 5.74) is -0.361. The number of amides is 1. The van der Waals surface area contributed by atoms with Crippen molar-refractivity contribution >= 4 is 17.6 Å². The Bertz CT molecular complexity index is 658. The van der Waals surface area contributed by atoms with Crippen molar-refractivity contribution in [3.8, 4) is 0 Å². The molecule has 18 heavy (non-hydrogen) atoms. The number of carbonyl (C=O) groups excluding carboxylic acids is 1. The Labute approximate surface area is 99.7 Å². The number of carboxylic acids is 1. The number of rotatable bonds is 3. The summed E-state index contributed by atoms with van der Waals surface area (Å²) in [7, 11) is 0. The summed E-state index contributed by atoms with van der Waals surface area (Å²) in [4.78, 5) is 41.3. The Balaban J connectivity index is 2.19. The van der Waals surface area contributed by atoms with Gasteiger partial charge >= 0.3 is 11.7 Å². The zero-order valence-corrected chi connectivity index (χ0v) is 8.93. The molecule has 2 aromatic rings. The topological polar surface area (TPSA) is 128 Å². The molecule has 8 nitrogen and oxygen atoms in total. The first-order valence-electron chi connectivity index (χ1n) is 4.84. The molecule has 0 saturated carbocycles. The summed E-state index contributed by atoms with van der Waals surface area (Å²) >= 11 is 0. The number of carbonyl (C=O) groups is 2. The molecule has 2 rings (SSSR count). The van der Waals surface area contributed by atoms with E-state index in [2.05, 4.69) is 20.3 Å². The maximum Gasteiger partial charge on any atom is 0.354 e. The normalized spacial score (nSPS) is 10.0. The van der Waals surface area contributed by atoms with Gasteiger partial charge in [-0.3, -0.25) is 4.79 Å². The number of nitrogens with zero attached hydrogens (tertiary/aromatic N) is 1. The van der Waals surface area contributed by atoms with Gasteiger partial charge in [-0.25, -0.2) is 14.6 Å². The number of anilines is 1. The Morgan fingerprint density at radius 1 is 1.39 bits per heavy atom. The van der Waals surface area contributed by atoms with Gasteiger partial charge in [0.25, 0.3) is 5.91 Å². The van der Waals surface area contributed by atoms with Crippen LogP contribution in [0.4, 0.5) is 5.69 Å². The maximum absolute atomic E-state index is 11.6. The van der Waals surface area contributed by atoms with Crippen molar-refractivity contribution in [2.24, 2.45) is 0 Å². The number of aromatic nitrogens is 3. The Kier molecular flexibility index (Phi) is 2.92. The molecule has 0 atom stereocenters. The molecule has 1 amide bonds. The molecule has 92 valence electrons. The van der Waals surface area contributed by atoms with Gasteiger partial charge in [-0.2, -0.15) is 0 Å². The third-order valence-corrected chi connectivity index (χ3v) is 2.08. The van der Waals surface area contributed by atoms with E-state index in [1.165, 1.54) is 24.5 Å². The third-order valence-electron chi connectivity index (χ3n) is 2.08. The van der Waals surface area contributed by atoms with Crippen LogP contribution in [0.5, 0.6) is 0 Å². The lowest BCUT2D eigenvalue weighted by atomic mass is 10.3. The fourth-order valence-electron chi connectivity index (χ4n) is 1.28. The molecular weight excluding hydrogens is 240 g/mol. The molecule has 4 N–H and O–H groups in total. The van der Waals surface area contributed by atoms with Crippen LogP contribution in [0.3, 0.4) is 0 Å². The first-order chi connectivity index (χ1) is 8.56. The highest BCUT2D eigenvalue weighted by Gasteiger charge is 2.10. The molecule has 0 bridgehead atoms. The number of pyridine rings is 1. The number of carboxylic acid groups (broad SMARTS) is 1. The maximum atomic E-state index is 11.6. The summed E-state index contributed by atoms with van der Waals surface area (Å²) in [5, 5.41) is 11.2. The molecule has 0 aromatic carbocycles. The van der Waals surface area contributed by atoms with Gasteiger partial charge in [0.2, 0.25) is 0 Å². The van der Waals surface area contributed by atoms with E-state index in [1.807, 2.05) is 0 Å². The summed E-state index contributed by atoms with van der Waals surface area (Å²) in [5.74, 6) is -1.75. The first kappa shape index (κ1) is 11.6. The molecule has 2 aromatic heterocycles. The van der Waals surface area contributed by atoms with Crippen molar-refractivity contribution in [3.63, 3.8) is 0 Å². The second kappa shape index (κ2) is 4.53. The quantitative estimate of drug-likeness (QED) is 0.610. The summed E-state index contributed by atoms with van der Waals surface area (Å²) < 4.78 is 0. The van der Waals surface area contributed by atoms with E-state index in [-0.39, 0.29) is 17.1 Å². The lowest BCUT2D eigenvalue weighted by molar-refractivity contribution is 0.0690. The number of aromatic amines is 2. The molecule has 8 heteroatoms. The van der Waals surface area contributed by atoms with Crippen molar-refractivity contribution in [1.82, 2.24) is 15.0 Å². The van der Waals surface area contributed by atoms with Gasteiger partial charge in [-0.05, 0) is 12.1 Å². The third kappa shape index (κ3) is 2.43. The fourth-order valence-corrected chi connectivity index (χ4v) is 1.28. The van der Waals surface area contributed by atoms with E-state index in [9.17, 15) is 14.4 Å². The van der Waals surface area contributed by atoms with Gasteiger partial charge in [0.05, 0.1) is 0 Å². The first-order valence-corrected chi connectivity index (χ1v) is 4.84. The van der Waals surface area contributed by atoms with E-state index >= 15 is 0 Å². The highest BCUT2D eigenvalue weighted by atomic mass is 16.4. The number of hydrogen-bond donors (Lipinski definition) is 4. The van der Waals surface area contributed by atoms with E-state index < -0.39 is 17.6 Å². The molecule has 0 saturated heterocycles. The second-order valence-corrected chi connectivity index (χ2v) is 3.35. The zero-order chi connectivity index (χ0) is 13.1. The van der Waals surface area contributed by atoms with E-state index in [4.69, 9.17) is 5.11 Å². The predicted octanol–water partition coefficient (Wildman–Crippen LogP) is 0.0485. The minimum absolute atomic E-state index is 0.0497. The molecule has 0 aliphatic heterocycles. The summed E-state index contributed by atoms with van der Waals surface area (Å²) in [6.45, 7) is 0. The van der Waals surface area contributed by atoms with Crippen LogP contribution in [-0.2, 0) is 0 Å². The van der Waals surface area contributed by atoms with Crippen molar-refractivity contribution in [2.45, 2.75) is 0 Å². The molecule has 0 spiro atoms. The molecule has 0 radical (unpaired) electrons. The van der Waals surface area contributed by atoms with E-state index in [0.29, 0.717) is 0 Å². The Morgan fingerprint density at radius 3 is 2.78 bits per heavy atom. The number of nitrogens with one attached hydrogen (secondary N) is 3. The zero-order valence-electron chi connectivity index (χ0n) is 8.93. The number of imidazole rings is 1. The fraction of sp³-hybridized carbons (Fsp3) is 0. The Morgan fingerprint density at radius 2 is 2.17 bits per heavy atom. The van der Waals surface area contributed by atoms with Crippen LogP contribution >= 0.6 is 0 Å². The minimum atomic E-state index is -1.19.